The monoisotopic (exact) mass is 335 g/mol. The van der Waals surface area contributed by atoms with E-state index < -0.39 is 0 Å². The van der Waals surface area contributed by atoms with Crippen LogP contribution in [0.3, 0.4) is 0 Å². The van der Waals surface area contributed by atoms with Crippen LogP contribution in [-0.4, -0.2) is 12.5 Å². The van der Waals surface area contributed by atoms with Crippen LogP contribution in [0.5, 0.6) is 0 Å². The van der Waals surface area contributed by atoms with E-state index in [1.54, 1.807) is 4.90 Å². The third-order valence-electron chi connectivity index (χ3n) is 3.31. The van der Waals surface area contributed by atoms with Crippen LogP contribution < -0.4 is 4.90 Å². The van der Waals surface area contributed by atoms with Gasteiger partial charge in [0.2, 0.25) is 0 Å². The second-order valence-corrected chi connectivity index (χ2v) is 5.72. The molecular formula is C15H11BrClNO. The Labute approximate surface area is 125 Å². The lowest BCUT2D eigenvalue weighted by molar-refractivity contribution is 0.0980. The van der Waals surface area contributed by atoms with Crippen molar-refractivity contribution in [1.82, 2.24) is 0 Å². The second kappa shape index (κ2) is 4.99. The highest BCUT2D eigenvalue weighted by atomic mass is 79.9. The number of benzene rings is 2. The number of anilines is 1. The molecule has 1 heterocycles. The summed E-state index contributed by atoms with van der Waals surface area (Å²) in [6.45, 7) is 0.688. The fourth-order valence-electron chi connectivity index (χ4n) is 2.33. The number of amides is 1. The lowest BCUT2D eigenvalue weighted by atomic mass is 9.99. The van der Waals surface area contributed by atoms with Gasteiger partial charge in [-0.2, -0.15) is 0 Å². The Balaban J connectivity index is 2.00. The third-order valence-corrected chi connectivity index (χ3v) is 4.55. The highest BCUT2D eigenvalue weighted by molar-refractivity contribution is 9.10. The average molecular weight is 337 g/mol. The van der Waals surface area contributed by atoms with E-state index in [2.05, 4.69) is 15.9 Å². The molecule has 0 N–H and O–H groups in total. The molecule has 1 aliphatic heterocycles. The molecule has 0 fully saturated rings. The predicted molar refractivity (Wildman–Crippen MR) is 81.0 cm³/mol. The van der Waals surface area contributed by atoms with Gasteiger partial charge in [-0.25, -0.2) is 0 Å². The number of fused-ring (bicyclic) bond motifs is 1. The first-order chi connectivity index (χ1) is 9.16. The van der Waals surface area contributed by atoms with E-state index in [0.717, 1.165) is 27.7 Å². The lowest BCUT2D eigenvalue weighted by Gasteiger charge is -2.28. The third kappa shape index (κ3) is 2.28. The first-order valence-electron chi connectivity index (χ1n) is 6.01. The van der Waals surface area contributed by atoms with E-state index in [4.69, 9.17) is 11.6 Å². The van der Waals surface area contributed by atoms with Crippen LogP contribution in [-0.2, 0) is 6.42 Å². The molecule has 0 bridgehead atoms. The molecule has 0 aliphatic carbocycles. The van der Waals surface area contributed by atoms with Gasteiger partial charge in [-0.05, 0) is 52.2 Å². The standard InChI is InChI=1S/C15H11BrClNO/c16-13-6-5-11(9-14(13)17)18-8-7-10-3-1-2-4-12(10)15(18)19/h1-6,9H,7-8H2. The molecule has 4 heteroatoms. The van der Waals surface area contributed by atoms with Crippen molar-refractivity contribution in [2.45, 2.75) is 6.42 Å². The van der Waals surface area contributed by atoms with Crippen LogP contribution in [0, 0.1) is 0 Å². The summed E-state index contributed by atoms with van der Waals surface area (Å²) in [5, 5.41) is 0.615. The Bertz CT molecular complexity index is 656. The first-order valence-corrected chi connectivity index (χ1v) is 7.19. The van der Waals surface area contributed by atoms with E-state index in [-0.39, 0.29) is 5.91 Å². The highest BCUT2D eigenvalue weighted by Gasteiger charge is 2.25. The largest absolute Gasteiger partial charge is 0.308 e. The summed E-state index contributed by atoms with van der Waals surface area (Å²) >= 11 is 9.46. The number of rotatable bonds is 1. The van der Waals surface area contributed by atoms with Crippen LogP contribution in [0.1, 0.15) is 15.9 Å². The second-order valence-electron chi connectivity index (χ2n) is 4.46. The number of carbonyl (C=O) groups is 1. The minimum Gasteiger partial charge on any atom is -0.308 e. The summed E-state index contributed by atoms with van der Waals surface area (Å²) in [6.07, 6.45) is 0.871. The van der Waals surface area contributed by atoms with Gasteiger partial charge < -0.3 is 4.90 Å². The first kappa shape index (κ1) is 12.7. The van der Waals surface area contributed by atoms with E-state index in [0.29, 0.717) is 11.6 Å². The number of halogens is 2. The summed E-state index contributed by atoms with van der Waals surface area (Å²) in [6, 6.07) is 13.3. The maximum Gasteiger partial charge on any atom is 0.258 e. The molecular weight excluding hydrogens is 326 g/mol. The zero-order valence-corrected chi connectivity index (χ0v) is 12.4. The van der Waals surface area contributed by atoms with Crippen molar-refractivity contribution in [1.29, 1.82) is 0 Å². The molecule has 0 radical (unpaired) electrons. The van der Waals surface area contributed by atoms with Crippen molar-refractivity contribution in [3.8, 4) is 0 Å². The smallest absolute Gasteiger partial charge is 0.258 e. The summed E-state index contributed by atoms with van der Waals surface area (Å²) in [5.41, 5.74) is 2.74. The van der Waals surface area contributed by atoms with Crippen molar-refractivity contribution in [2.75, 3.05) is 11.4 Å². The number of nitrogens with zero attached hydrogens (tertiary/aromatic N) is 1. The molecule has 1 amide bonds. The molecule has 96 valence electrons. The summed E-state index contributed by atoms with van der Waals surface area (Å²) in [4.78, 5) is 14.3. The fraction of sp³-hybridized carbons (Fsp3) is 0.133. The van der Waals surface area contributed by atoms with E-state index in [1.807, 2.05) is 42.5 Å². The molecule has 0 aromatic heterocycles. The Morgan fingerprint density at radius 2 is 1.95 bits per heavy atom. The Kier molecular flexibility index (Phi) is 3.33. The van der Waals surface area contributed by atoms with Crippen molar-refractivity contribution >= 4 is 39.1 Å². The predicted octanol–water partition coefficient (Wildman–Crippen LogP) is 4.31. The number of hydrogen-bond donors (Lipinski definition) is 0. The zero-order valence-electron chi connectivity index (χ0n) is 10.1. The van der Waals surface area contributed by atoms with Crippen LogP contribution in [0.2, 0.25) is 5.02 Å². The van der Waals surface area contributed by atoms with E-state index in [9.17, 15) is 4.79 Å². The molecule has 0 saturated carbocycles. The lowest BCUT2D eigenvalue weighted by Crippen LogP contribution is -2.37. The molecule has 0 spiro atoms. The van der Waals surface area contributed by atoms with Crippen LogP contribution in [0.25, 0.3) is 0 Å². The zero-order chi connectivity index (χ0) is 13.4. The van der Waals surface area contributed by atoms with Crippen molar-refractivity contribution < 1.29 is 4.79 Å². The van der Waals surface area contributed by atoms with E-state index in [1.165, 1.54) is 0 Å². The maximum atomic E-state index is 12.5. The quantitative estimate of drug-likeness (QED) is 0.760. The van der Waals surface area contributed by atoms with Gasteiger partial charge in [0, 0.05) is 22.3 Å². The normalized spacial score (nSPS) is 14.4. The van der Waals surface area contributed by atoms with Gasteiger partial charge in [0.15, 0.2) is 0 Å². The Morgan fingerprint density at radius 3 is 2.74 bits per heavy atom. The molecule has 2 aromatic rings. The minimum absolute atomic E-state index is 0.0419. The van der Waals surface area contributed by atoms with Gasteiger partial charge in [0.25, 0.3) is 5.91 Å². The Morgan fingerprint density at radius 1 is 1.16 bits per heavy atom. The molecule has 19 heavy (non-hydrogen) atoms. The van der Waals surface area contributed by atoms with Crippen molar-refractivity contribution in [2.24, 2.45) is 0 Å². The average Bonchev–Trinajstić information content (AvgIpc) is 2.43. The van der Waals surface area contributed by atoms with Crippen LogP contribution >= 0.6 is 27.5 Å². The highest BCUT2D eigenvalue weighted by Crippen LogP contribution is 2.30. The SMILES string of the molecule is O=C1c2ccccc2CCN1c1ccc(Br)c(Cl)c1. The van der Waals surface area contributed by atoms with Gasteiger partial charge in [-0.15, -0.1) is 0 Å². The number of carbonyl (C=O) groups excluding carboxylic acids is 1. The summed E-state index contributed by atoms with van der Waals surface area (Å²) in [5.74, 6) is 0.0419. The van der Waals surface area contributed by atoms with Gasteiger partial charge in [0.1, 0.15) is 0 Å². The minimum atomic E-state index is 0.0419. The molecule has 2 aromatic carbocycles. The van der Waals surface area contributed by atoms with Crippen molar-refractivity contribution in [3.63, 3.8) is 0 Å². The molecule has 2 nitrogen and oxygen atoms in total. The fourth-order valence-corrected chi connectivity index (χ4v) is 2.75. The molecule has 0 saturated heterocycles. The molecule has 1 aliphatic rings. The van der Waals surface area contributed by atoms with Gasteiger partial charge in [0.05, 0.1) is 5.02 Å². The van der Waals surface area contributed by atoms with Crippen LogP contribution in [0.4, 0.5) is 5.69 Å². The molecule has 0 unspecified atom stereocenters. The maximum absolute atomic E-state index is 12.5. The van der Waals surface area contributed by atoms with Gasteiger partial charge in [-0.3, -0.25) is 4.79 Å². The molecule has 3 rings (SSSR count). The summed E-state index contributed by atoms with van der Waals surface area (Å²) in [7, 11) is 0. The Hall–Kier alpha value is -1.32. The van der Waals surface area contributed by atoms with Gasteiger partial charge in [-0.1, -0.05) is 29.8 Å². The van der Waals surface area contributed by atoms with Gasteiger partial charge >= 0.3 is 0 Å². The molecule has 0 atom stereocenters. The van der Waals surface area contributed by atoms with Crippen molar-refractivity contribution in [3.05, 3.63) is 63.1 Å². The summed E-state index contributed by atoms with van der Waals surface area (Å²) < 4.78 is 0.836. The van der Waals surface area contributed by atoms with E-state index >= 15 is 0 Å². The van der Waals surface area contributed by atoms with Crippen LogP contribution in [0.15, 0.2) is 46.9 Å². The topological polar surface area (TPSA) is 20.3 Å². The number of hydrogen-bond acceptors (Lipinski definition) is 1.